The molecule has 0 radical (unpaired) electrons. The summed E-state index contributed by atoms with van der Waals surface area (Å²) in [5, 5.41) is 12.6. The first kappa shape index (κ1) is 17.9. The maximum atomic E-state index is 12.5. The third-order valence-corrected chi connectivity index (χ3v) is 5.75. The number of benzene rings is 2. The standard InChI is InChI=1S/C18H16ClN3OS2/c1-12(16(23)14-8-5-9-15(19)10-14)24-18-22-21-17(25-18)20-11-13-6-3-2-4-7-13/h2-10,12H,11H2,1H3,(H,20,21)/t12-/m0/s1. The van der Waals surface area contributed by atoms with E-state index in [1.165, 1.54) is 28.7 Å². The fourth-order valence-electron chi connectivity index (χ4n) is 2.18. The number of anilines is 1. The van der Waals surface area contributed by atoms with Gasteiger partial charge in [0, 0.05) is 17.1 Å². The average Bonchev–Trinajstić information content (AvgIpc) is 3.07. The summed E-state index contributed by atoms with van der Waals surface area (Å²) in [7, 11) is 0. The lowest BCUT2D eigenvalue weighted by Crippen LogP contribution is -2.13. The first-order valence-corrected chi connectivity index (χ1v) is 9.77. The Hall–Kier alpha value is -1.89. The second-order valence-electron chi connectivity index (χ2n) is 5.35. The van der Waals surface area contributed by atoms with Gasteiger partial charge in [-0.05, 0) is 24.6 Å². The van der Waals surface area contributed by atoms with Crippen LogP contribution in [0.1, 0.15) is 22.8 Å². The molecule has 7 heteroatoms. The molecule has 0 aliphatic heterocycles. The Balaban J connectivity index is 1.58. The predicted molar refractivity (Wildman–Crippen MR) is 105 cm³/mol. The highest BCUT2D eigenvalue weighted by molar-refractivity contribution is 8.02. The Morgan fingerprint density at radius 3 is 2.76 bits per heavy atom. The van der Waals surface area contributed by atoms with Crippen LogP contribution in [-0.2, 0) is 6.54 Å². The third kappa shape index (κ3) is 5.04. The van der Waals surface area contributed by atoms with Crippen LogP contribution < -0.4 is 5.32 Å². The first-order valence-electron chi connectivity index (χ1n) is 7.69. The highest BCUT2D eigenvalue weighted by Gasteiger charge is 2.19. The number of rotatable bonds is 7. The van der Waals surface area contributed by atoms with Gasteiger partial charge in [0.2, 0.25) is 5.13 Å². The smallest absolute Gasteiger partial charge is 0.206 e. The molecule has 0 saturated heterocycles. The second kappa shape index (κ2) is 8.47. The second-order valence-corrected chi connectivity index (χ2v) is 8.35. The normalized spacial score (nSPS) is 11.9. The van der Waals surface area contributed by atoms with Crippen molar-refractivity contribution in [3.63, 3.8) is 0 Å². The molecule has 1 N–H and O–H groups in total. The number of carbonyl (C=O) groups excluding carboxylic acids is 1. The van der Waals surface area contributed by atoms with Gasteiger partial charge in [-0.15, -0.1) is 10.2 Å². The number of ketones is 1. The van der Waals surface area contributed by atoms with Crippen LogP contribution in [0, 0.1) is 0 Å². The number of aromatic nitrogens is 2. The molecule has 0 aliphatic rings. The molecule has 128 valence electrons. The molecule has 2 aromatic carbocycles. The van der Waals surface area contributed by atoms with Gasteiger partial charge in [0.15, 0.2) is 10.1 Å². The Bertz CT molecular complexity index is 854. The fourth-order valence-corrected chi connectivity index (χ4v) is 4.34. The zero-order chi connectivity index (χ0) is 17.6. The maximum Gasteiger partial charge on any atom is 0.206 e. The van der Waals surface area contributed by atoms with Gasteiger partial charge in [0.25, 0.3) is 0 Å². The third-order valence-electron chi connectivity index (χ3n) is 3.45. The zero-order valence-corrected chi connectivity index (χ0v) is 15.9. The lowest BCUT2D eigenvalue weighted by molar-refractivity contribution is 0.0994. The molecular weight excluding hydrogens is 374 g/mol. The van der Waals surface area contributed by atoms with Crippen molar-refractivity contribution in [1.29, 1.82) is 0 Å². The van der Waals surface area contributed by atoms with E-state index < -0.39 is 0 Å². The molecule has 1 aromatic heterocycles. The van der Waals surface area contributed by atoms with E-state index in [2.05, 4.69) is 27.6 Å². The van der Waals surface area contributed by atoms with Crippen LogP contribution in [0.2, 0.25) is 5.02 Å². The Morgan fingerprint density at radius 1 is 1.20 bits per heavy atom. The monoisotopic (exact) mass is 389 g/mol. The number of thioether (sulfide) groups is 1. The van der Waals surface area contributed by atoms with E-state index >= 15 is 0 Å². The number of Topliss-reactive ketones (excluding diaryl/α,β-unsaturated/α-hetero) is 1. The summed E-state index contributed by atoms with van der Waals surface area (Å²) in [6.07, 6.45) is 0. The van der Waals surface area contributed by atoms with Crippen LogP contribution in [0.3, 0.4) is 0 Å². The molecule has 0 amide bonds. The van der Waals surface area contributed by atoms with Gasteiger partial charge in [-0.3, -0.25) is 4.79 Å². The first-order chi connectivity index (χ1) is 12.1. The molecule has 0 aliphatic carbocycles. The van der Waals surface area contributed by atoms with E-state index in [1.54, 1.807) is 24.3 Å². The summed E-state index contributed by atoms with van der Waals surface area (Å²) >= 11 is 8.81. The lowest BCUT2D eigenvalue weighted by Gasteiger charge is -2.08. The molecule has 25 heavy (non-hydrogen) atoms. The van der Waals surface area contributed by atoms with E-state index in [9.17, 15) is 4.79 Å². The van der Waals surface area contributed by atoms with Gasteiger partial charge >= 0.3 is 0 Å². The lowest BCUT2D eigenvalue weighted by atomic mass is 10.1. The van der Waals surface area contributed by atoms with Crippen molar-refractivity contribution in [1.82, 2.24) is 10.2 Å². The molecule has 3 rings (SSSR count). The predicted octanol–water partition coefficient (Wildman–Crippen LogP) is 5.17. The minimum atomic E-state index is -0.256. The SMILES string of the molecule is C[C@H](Sc1nnc(NCc2ccccc2)s1)C(=O)c1cccc(Cl)c1. The minimum Gasteiger partial charge on any atom is -0.356 e. The van der Waals surface area contributed by atoms with E-state index in [0.717, 1.165) is 9.47 Å². The van der Waals surface area contributed by atoms with Crippen LogP contribution >= 0.6 is 34.7 Å². The Kier molecular flexibility index (Phi) is 6.07. The summed E-state index contributed by atoms with van der Waals surface area (Å²) in [6.45, 7) is 2.56. The van der Waals surface area contributed by atoms with Crippen molar-refractivity contribution in [2.75, 3.05) is 5.32 Å². The topological polar surface area (TPSA) is 54.9 Å². The summed E-state index contributed by atoms with van der Waals surface area (Å²) in [4.78, 5) is 12.5. The zero-order valence-electron chi connectivity index (χ0n) is 13.5. The molecule has 3 aromatic rings. The van der Waals surface area contributed by atoms with Crippen LogP contribution in [-0.4, -0.2) is 21.2 Å². The van der Waals surface area contributed by atoms with Gasteiger partial charge in [0.05, 0.1) is 5.25 Å². The van der Waals surface area contributed by atoms with Crippen molar-refractivity contribution >= 4 is 45.6 Å². The van der Waals surface area contributed by atoms with Gasteiger partial charge in [-0.2, -0.15) is 0 Å². The van der Waals surface area contributed by atoms with Gasteiger partial charge < -0.3 is 5.32 Å². The average molecular weight is 390 g/mol. The van der Waals surface area contributed by atoms with Crippen molar-refractivity contribution in [3.8, 4) is 0 Å². The van der Waals surface area contributed by atoms with Crippen molar-refractivity contribution in [3.05, 3.63) is 70.7 Å². The molecule has 0 spiro atoms. The van der Waals surface area contributed by atoms with Crippen LogP contribution in [0.5, 0.6) is 0 Å². The molecule has 1 heterocycles. The van der Waals surface area contributed by atoms with Crippen molar-refractivity contribution in [2.45, 2.75) is 23.1 Å². The van der Waals surface area contributed by atoms with Gasteiger partial charge in [0.1, 0.15) is 0 Å². The Labute approximate surface area is 159 Å². The van der Waals surface area contributed by atoms with E-state index in [1.807, 2.05) is 25.1 Å². The molecule has 0 bridgehead atoms. The molecule has 4 nitrogen and oxygen atoms in total. The Morgan fingerprint density at radius 2 is 2.00 bits per heavy atom. The van der Waals surface area contributed by atoms with Gasteiger partial charge in [-0.25, -0.2) is 0 Å². The largest absolute Gasteiger partial charge is 0.356 e. The number of halogens is 1. The number of nitrogens with one attached hydrogen (secondary N) is 1. The molecular formula is C18H16ClN3OS2. The number of hydrogen-bond donors (Lipinski definition) is 1. The van der Waals surface area contributed by atoms with E-state index in [4.69, 9.17) is 11.6 Å². The van der Waals surface area contributed by atoms with Crippen molar-refractivity contribution < 1.29 is 4.79 Å². The maximum absolute atomic E-state index is 12.5. The number of hydrogen-bond acceptors (Lipinski definition) is 6. The summed E-state index contributed by atoms with van der Waals surface area (Å²) in [5.74, 6) is 0.0292. The van der Waals surface area contributed by atoms with Crippen LogP contribution in [0.15, 0.2) is 58.9 Å². The number of nitrogens with zero attached hydrogens (tertiary/aromatic N) is 2. The van der Waals surface area contributed by atoms with Crippen LogP contribution in [0.4, 0.5) is 5.13 Å². The van der Waals surface area contributed by atoms with E-state index in [0.29, 0.717) is 17.1 Å². The minimum absolute atomic E-state index is 0.0292. The molecule has 0 saturated carbocycles. The van der Waals surface area contributed by atoms with E-state index in [-0.39, 0.29) is 11.0 Å². The molecule has 1 atom stereocenters. The molecule has 0 unspecified atom stereocenters. The fraction of sp³-hybridized carbons (Fsp3) is 0.167. The summed E-state index contributed by atoms with van der Waals surface area (Å²) in [5.41, 5.74) is 1.79. The molecule has 0 fully saturated rings. The quantitative estimate of drug-likeness (QED) is 0.446. The van der Waals surface area contributed by atoms with Crippen molar-refractivity contribution in [2.24, 2.45) is 0 Å². The number of carbonyl (C=O) groups is 1. The van der Waals surface area contributed by atoms with Gasteiger partial charge in [-0.1, -0.05) is 77.2 Å². The highest BCUT2D eigenvalue weighted by Crippen LogP contribution is 2.30. The summed E-state index contributed by atoms with van der Waals surface area (Å²) in [6, 6.07) is 17.1. The summed E-state index contributed by atoms with van der Waals surface area (Å²) < 4.78 is 0.762. The highest BCUT2D eigenvalue weighted by atomic mass is 35.5. The van der Waals surface area contributed by atoms with Crippen LogP contribution in [0.25, 0.3) is 0 Å².